The molecule has 0 spiro atoms. The zero-order chi connectivity index (χ0) is 26.2. The lowest BCUT2D eigenvalue weighted by Gasteiger charge is -2.47. The summed E-state index contributed by atoms with van der Waals surface area (Å²) in [5.41, 5.74) is -0.342. The molecule has 4 atom stereocenters. The van der Waals surface area contributed by atoms with Crippen molar-refractivity contribution < 1.29 is 29.0 Å². The second-order valence-electron chi connectivity index (χ2n) is 10.8. The van der Waals surface area contributed by atoms with E-state index in [1.807, 2.05) is 41.5 Å². The number of carbonyl (C=O) groups excluding carboxylic acids is 1. The molecule has 0 unspecified atom stereocenters. The Hall–Kier alpha value is -2.41. The summed E-state index contributed by atoms with van der Waals surface area (Å²) in [6.45, 7) is 10.7. The number of nitrogens with one attached hydrogen (secondary N) is 1. The number of ether oxygens (including phenoxy) is 1. The quantitative estimate of drug-likeness (QED) is 0.438. The third-order valence-electron chi connectivity index (χ3n) is 6.21. The van der Waals surface area contributed by atoms with E-state index in [1.165, 1.54) is 12.3 Å². The van der Waals surface area contributed by atoms with Crippen LogP contribution in [0.1, 0.15) is 58.1 Å². The standard InChI is InChI=1S/C24H35N3O7Si/c1-23(2,3)35(32,24(4,5)6)34-19-18(29)16(14-28)33-21(19)27-13-12-17(26-22(27)31)25-20(30)15-10-8-7-9-11-15/h7-13,16,18-19,21,28-29,32H,14H2,1-6H3,(H,25,26,30,31)/t16-,18-,19-,21-/m1/s1. The van der Waals surface area contributed by atoms with Crippen molar-refractivity contribution in [1.29, 1.82) is 0 Å². The van der Waals surface area contributed by atoms with Crippen molar-refractivity contribution in [3.63, 3.8) is 0 Å². The molecule has 35 heavy (non-hydrogen) atoms. The summed E-state index contributed by atoms with van der Waals surface area (Å²) in [5.74, 6) is -0.374. The van der Waals surface area contributed by atoms with Gasteiger partial charge in [-0.2, -0.15) is 4.98 Å². The van der Waals surface area contributed by atoms with E-state index in [4.69, 9.17) is 9.16 Å². The van der Waals surface area contributed by atoms with Crippen molar-refractivity contribution in [3.05, 3.63) is 58.6 Å². The molecule has 10 nitrogen and oxygen atoms in total. The molecule has 1 aromatic carbocycles. The zero-order valence-corrected chi connectivity index (χ0v) is 21.9. The Bertz CT molecular complexity index is 1080. The number of rotatable bonds is 6. The first-order valence-electron chi connectivity index (χ1n) is 11.5. The average Bonchev–Trinajstić information content (AvgIpc) is 3.08. The predicted octanol–water partition coefficient (Wildman–Crippen LogP) is 2.17. The Morgan fingerprint density at radius 3 is 2.26 bits per heavy atom. The van der Waals surface area contributed by atoms with Crippen molar-refractivity contribution in [3.8, 4) is 0 Å². The van der Waals surface area contributed by atoms with Gasteiger partial charge in [-0.3, -0.25) is 9.36 Å². The third-order valence-corrected chi connectivity index (χ3v) is 10.9. The van der Waals surface area contributed by atoms with Crippen LogP contribution >= 0.6 is 0 Å². The van der Waals surface area contributed by atoms with Gasteiger partial charge in [-0.25, -0.2) is 4.79 Å². The molecule has 1 amide bonds. The van der Waals surface area contributed by atoms with E-state index >= 15 is 0 Å². The van der Waals surface area contributed by atoms with E-state index in [0.29, 0.717) is 5.56 Å². The van der Waals surface area contributed by atoms with Gasteiger partial charge in [-0.15, -0.1) is 0 Å². The Balaban J connectivity index is 1.93. The van der Waals surface area contributed by atoms with Gasteiger partial charge >= 0.3 is 14.3 Å². The molecule has 1 aromatic heterocycles. The van der Waals surface area contributed by atoms with E-state index in [9.17, 15) is 24.6 Å². The molecule has 192 valence electrons. The van der Waals surface area contributed by atoms with E-state index in [0.717, 1.165) is 4.57 Å². The predicted molar refractivity (Wildman–Crippen MR) is 132 cm³/mol. The summed E-state index contributed by atoms with van der Waals surface area (Å²) in [6.07, 6.45) is -3.22. The molecule has 11 heteroatoms. The molecule has 2 heterocycles. The summed E-state index contributed by atoms with van der Waals surface area (Å²) < 4.78 is 13.2. The Kier molecular flexibility index (Phi) is 7.70. The molecule has 1 aliphatic heterocycles. The second kappa shape index (κ2) is 9.92. The Labute approximate surface area is 205 Å². The SMILES string of the molecule is CC(C)(C)[Si](O)(O[C@@H]1[C@H](O)[C@@H](CO)O[C@H]1n1ccc(NC(=O)c2ccccc2)nc1=O)C(C)(C)C. The van der Waals surface area contributed by atoms with Crippen molar-refractivity contribution in [1.82, 2.24) is 9.55 Å². The lowest BCUT2D eigenvalue weighted by atomic mass is 10.1. The van der Waals surface area contributed by atoms with Gasteiger partial charge in [-0.05, 0) is 18.2 Å². The Morgan fingerprint density at radius 2 is 1.74 bits per heavy atom. The molecule has 4 N–H and O–H groups in total. The van der Waals surface area contributed by atoms with Gasteiger partial charge in [0.1, 0.15) is 24.1 Å². The number of hydrogen-bond donors (Lipinski definition) is 4. The van der Waals surface area contributed by atoms with Gasteiger partial charge in [0.15, 0.2) is 6.23 Å². The van der Waals surface area contributed by atoms with Crippen LogP contribution in [0.2, 0.25) is 10.1 Å². The van der Waals surface area contributed by atoms with Gasteiger partial charge in [0.2, 0.25) is 0 Å². The topological polar surface area (TPSA) is 143 Å². The smallest absolute Gasteiger partial charge is 0.351 e. The van der Waals surface area contributed by atoms with Crippen LogP contribution in [0.5, 0.6) is 0 Å². The maximum Gasteiger partial charge on any atom is 0.351 e. The highest BCUT2D eigenvalue weighted by Crippen LogP contribution is 2.51. The molecular weight excluding hydrogens is 470 g/mol. The highest BCUT2D eigenvalue weighted by molar-refractivity contribution is 6.72. The number of hydrogen-bond acceptors (Lipinski definition) is 8. The van der Waals surface area contributed by atoms with Gasteiger partial charge in [-0.1, -0.05) is 59.7 Å². The fraction of sp³-hybridized carbons (Fsp3) is 0.542. The van der Waals surface area contributed by atoms with E-state index < -0.39 is 61.4 Å². The number of benzene rings is 1. The van der Waals surface area contributed by atoms with Crippen LogP contribution in [0.25, 0.3) is 0 Å². The van der Waals surface area contributed by atoms with Crippen LogP contribution in [0.4, 0.5) is 5.82 Å². The monoisotopic (exact) mass is 505 g/mol. The summed E-state index contributed by atoms with van der Waals surface area (Å²) in [4.78, 5) is 41.0. The number of aliphatic hydroxyl groups is 2. The maximum atomic E-state index is 12.9. The zero-order valence-electron chi connectivity index (χ0n) is 20.9. The van der Waals surface area contributed by atoms with Gasteiger partial charge in [0.05, 0.1) is 6.61 Å². The van der Waals surface area contributed by atoms with Gasteiger partial charge in [0.25, 0.3) is 5.91 Å². The minimum absolute atomic E-state index is 0.0464. The van der Waals surface area contributed by atoms with Crippen molar-refractivity contribution in [2.24, 2.45) is 0 Å². The van der Waals surface area contributed by atoms with E-state index in [-0.39, 0.29) is 5.82 Å². The highest BCUT2D eigenvalue weighted by atomic mass is 28.4. The average molecular weight is 506 g/mol. The van der Waals surface area contributed by atoms with Gasteiger partial charge < -0.3 is 29.5 Å². The molecule has 2 aromatic rings. The molecule has 1 aliphatic rings. The normalized spacial score (nSPS) is 23.3. The van der Waals surface area contributed by atoms with Crippen molar-refractivity contribution >= 4 is 20.3 Å². The van der Waals surface area contributed by atoms with Crippen molar-refractivity contribution in [2.45, 2.75) is 76.2 Å². The van der Waals surface area contributed by atoms with Crippen LogP contribution in [0.3, 0.4) is 0 Å². The molecule has 0 saturated carbocycles. The first-order valence-corrected chi connectivity index (χ1v) is 13.4. The molecule has 0 radical (unpaired) electrons. The minimum Gasteiger partial charge on any atom is -0.410 e. The van der Waals surface area contributed by atoms with E-state index in [2.05, 4.69) is 10.3 Å². The first-order chi connectivity index (χ1) is 16.2. The van der Waals surface area contributed by atoms with Crippen LogP contribution in [-0.4, -0.2) is 63.9 Å². The number of amides is 1. The molecule has 0 aliphatic carbocycles. The third kappa shape index (κ3) is 5.40. The summed E-state index contributed by atoms with van der Waals surface area (Å²) >= 11 is 0. The maximum absolute atomic E-state index is 12.9. The number of aliphatic hydroxyl groups excluding tert-OH is 2. The minimum atomic E-state index is -3.58. The number of anilines is 1. The Morgan fingerprint density at radius 1 is 1.14 bits per heavy atom. The number of aromatic nitrogens is 2. The number of nitrogens with zero attached hydrogens (tertiary/aromatic N) is 2. The first kappa shape index (κ1) is 27.2. The molecule has 1 saturated heterocycles. The molecule has 1 fully saturated rings. The summed E-state index contributed by atoms with van der Waals surface area (Å²) in [6, 6.07) is 9.93. The summed E-state index contributed by atoms with van der Waals surface area (Å²) in [7, 11) is -3.58. The highest BCUT2D eigenvalue weighted by Gasteiger charge is 2.60. The van der Waals surface area contributed by atoms with Crippen LogP contribution in [-0.2, 0) is 9.16 Å². The number of carbonyl (C=O) groups is 1. The second-order valence-corrected chi connectivity index (χ2v) is 15.3. The summed E-state index contributed by atoms with van der Waals surface area (Å²) in [5, 5.41) is 21.9. The molecule has 0 bridgehead atoms. The molecule has 3 rings (SSSR count). The lowest BCUT2D eigenvalue weighted by molar-refractivity contribution is -0.0567. The van der Waals surface area contributed by atoms with Crippen LogP contribution in [0, 0.1) is 0 Å². The fourth-order valence-corrected chi connectivity index (χ4v) is 7.96. The largest absolute Gasteiger partial charge is 0.410 e. The van der Waals surface area contributed by atoms with Crippen molar-refractivity contribution in [2.75, 3.05) is 11.9 Å². The van der Waals surface area contributed by atoms with Gasteiger partial charge in [0, 0.05) is 21.8 Å². The fourth-order valence-electron chi connectivity index (χ4n) is 4.35. The van der Waals surface area contributed by atoms with Crippen LogP contribution in [0.15, 0.2) is 47.4 Å². The lowest BCUT2D eigenvalue weighted by Crippen LogP contribution is -2.59. The van der Waals surface area contributed by atoms with Crippen LogP contribution < -0.4 is 11.0 Å². The molecular formula is C24H35N3O7Si. The van der Waals surface area contributed by atoms with E-state index in [1.54, 1.807) is 30.3 Å².